The number of rotatable bonds is 4. The second-order valence-corrected chi connectivity index (χ2v) is 4.56. The molecule has 21 heavy (non-hydrogen) atoms. The van der Waals surface area contributed by atoms with Crippen molar-refractivity contribution in [2.45, 2.75) is 20.3 Å². The van der Waals surface area contributed by atoms with Gasteiger partial charge in [-0.05, 0) is 32.0 Å². The highest BCUT2D eigenvalue weighted by atomic mass is 16.5. The number of hydrogen-bond donors (Lipinski definition) is 3. The molecule has 0 aliphatic rings. The van der Waals surface area contributed by atoms with Crippen molar-refractivity contribution in [3.05, 3.63) is 40.8 Å². The molecule has 0 radical (unpaired) electrons. The van der Waals surface area contributed by atoms with Gasteiger partial charge in [0.2, 0.25) is 5.91 Å². The van der Waals surface area contributed by atoms with Gasteiger partial charge in [0.25, 0.3) is 0 Å². The molecule has 0 aliphatic heterocycles. The number of phenolic OH excluding ortho intramolecular Hbond substituents is 1. The third-order valence-electron chi connectivity index (χ3n) is 3.04. The van der Waals surface area contributed by atoms with Crippen molar-refractivity contribution in [2.24, 2.45) is 0 Å². The zero-order chi connectivity index (χ0) is 15.6. The topological polar surface area (TPSA) is 113 Å². The summed E-state index contributed by atoms with van der Waals surface area (Å²) in [6.45, 7) is 3.44. The lowest BCUT2D eigenvalue weighted by atomic mass is 10.1. The van der Waals surface area contributed by atoms with Crippen molar-refractivity contribution in [1.29, 1.82) is 0 Å². The Morgan fingerprint density at radius 2 is 2.05 bits per heavy atom. The smallest absolute Gasteiger partial charge is 0.335 e. The zero-order valence-electron chi connectivity index (χ0n) is 11.5. The Bertz CT molecular complexity index is 686. The molecule has 0 aliphatic carbocycles. The van der Waals surface area contributed by atoms with Crippen LogP contribution in [0.1, 0.15) is 27.4 Å². The van der Waals surface area contributed by atoms with E-state index < -0.39 is 5.97 Å². The van der Waals surface area contributed by atoms with Crippen LogP contribution in [0.4, 0.5) is 5.69 Å². The first kappa shape index (κ1) is 14.6. The Balaban J connectivity index is 2.11. The maximum Gasteiger partial charge on any atom is 0.335 e. The van der Waals surface area contributed by atoms with Gasteiger partial charge >= 0.3 is 5.97 Å². The minimum Gasteiger partial charge on any atom is -0.506 e. The van der Waals surface area contributed by atoms with Crippen LogP contribution in [0.5, 0.6) is 5.75 Å². The number of carbonyl (C=O) groups excluding carboxylic acids is 1. The number of hydrogen-bond acceptors (Lipinski definition) is 5. The van der Waals surface area contributed by atoms with Crippen LogP contribution in [0.3, 0.4) is 0 Å². The van der Waals surface area contributed by atoms with Gasteiger partial charge < -0.3 is 20.1 Å². The molecule has 1 amide bonds. The predicted molar refractivity (Wildman–Crippen MR) is 73.4 cm³/mol. The molecule has 7 nitrogen and oxygen atoms in total. The monoisotopic (exact) mass is 290 g/mol. The zero-order valence-corrected chi connectivity index (χ0v) is 11.5. The van der Waals surface area contributed by atoms with Gasteiger partial charge in [-0.25, -0.2) is 4.79 Å². The van der Waals surface area contributed by atoms with Gasteiger partial charge in [0.15, 0.2) is 0 Å². The summed E-state index contributed by atoms with van der Waals surface area (Å²) >= 11 is 0. The number of carbonyl (C=O) groups is 2. The third kappa shape index (κ3) is 3.19. The van der Waals surface area contributed by atoms with Crippen molar-refractivity contribution in [3.63, 3.8) is 0 Å². The van der Waals surface area contributed by atoms with Gasteiger partial charge in [0, 0.05) is 5.56 Å². The van der Waals surface area contributed by atoms with E-state index in [2.05, 4.69) is 10.5 Å². The Kier molecular flexibility index (Phi) is 3.93. The van der Waals surface area contributed by atoms with E-state index in [1.165, 1.54) is 12.1 Å². The van der Waals surface area contributed by atoms with Gasteiger partial charge in [-0.15, -0.1) is 0 Å². The fourth-order valence-electron chi connectivity index (χ4n) is 1.88. The lowest BCUT2D eigenvalue weighted by Crippen LogP contribution is -2.15. The molecular weight excluding hydrogens is 276 g/mol. The molecule has 0 fully saturated rings. The fourth-order valence-corrected chi connectivity index (χ4v) is 1.88. The number of phenols is 1. The maximum atomic E-state index is 11.9. The van der Waals surface area contributed by atoms with E-state index in [1.807, 2.05) is 0 Å². The molecule has 0 saturated heterocycles. The van der Waals surface area contributed by atoms with Crippen LogP contribution in [-0.4, -0.2) is 27.2 Å². The molecule has 0 spiro atoms. The highest BCUT2D eigenvalue weighted by Crippen LogP contribution is 2.24. The number of anilines is 1. The van der Waals surface area contributed by atoms with E-state index in [1.54, 1.807) is 13.8 Å². The number of carboxylic acids is 1. The summed E-state index contributed by atoms with van der Waals surface area (Å²) in [5, 5.41) is 24.8. The van der Waals surface area contributed by atoms with Crippen LogP contribution in [0.2, 0.25) is 0 Å². The molecular formula is C14H14N2O5. The van der Waals surface area contributed by atoms with Gasteiger partial charge in [0.1, 0.15) is 11.5 Å². The van der Waals surface area contributed by atoms with Gasteiger partial charge in [-0.1, -0.05) is 5.16 Å². The summed E-state index contributed by atoms with van der Waals surface area (Å²) in [6, 6.07) is 3.71. The van der Waals surface area contributed by atoms with Crippen LogP contribution < -0.4 is 5.32 Å². The fraction of sp³-hybridized carbons (Fsp3) is 0.214. The minimum atomic E-state index is -1.15. The predicted octanol–water partition coefficient (Wildman–Crippen LogP) is 1.88. The number of benzene rings is 1. The standard InChI is InChI=1S/C14H14N2O5/c1-7-10(8(2)21-16-7)6-13(18)15-11-4-3-9(14(19)20)5-12(11)17/h3-5,17H,6H2,1-2H3,(H,15,18)(H,19,20). The maximum absolute atomic E-state index is 11.9. The number of carboxylic acid groups (broad SMARTS) is 1. The quantitative estimate of drug-likeness (QED) is 0.741. The molecule has 2 rings (SSSR count). The third-order valence-corrected chi connectivity index (χ3v) is 3.04. The average Bonchev–Trinajstić information content (AvgIpc) is 2.72. The summed E-state index contributed by atoms with van der Waals surface area (Å²) in [4.78, 5) is 22.7. The van der Waals surface area contributed by atoms with E-state index in [0.717, 1.165) is 6.07 Å². The molecule has 0 unspecified atom stereocenters. The van der Waals surface area contributed by atoms with Gasteiger partial charge in [-0.2, -0.15) is 0 Å². The Morgan fingerprint density at radius 3 is 2.57 bits per heavy atom. The molecule has 1 aromatic carbocycles. The highest BCUT2D eigenvalue weighted by molar-refractivity contribution is 5.95. The molecule has 1 heterocycles. The van der Waals surface area contributed by atoms with E-state index in [9.17, 15) is 14.7 Å². The summed E-state index contributed by atoms with van der Waals surface area (Å²) in [5.74, 6) is -1.25. The number of aryl methyl sites for hydroxylation is 2. The molecule has 110 valence electrons. The van der Waals surface area contributed by atoms with Crippen molar-refractivity contribution in [3.8, 4) is 5.75 Å². The molecule has 7 heteroatoms. The summed E-state index contributed by atoms with van der Waals surface area (Å²) in [7, 11) is 0. The van der Waals surface area contributed by atoms with Gasteiger partial charge in [0.05, 0.1) is 23.4 Å². The first-order chi connectivity index (χ1) is 9.88. The molecule has 0 atom stereocenters. The largest absolute Gasteiger partial charge is 0.506 e. The Morgan fingerprint density at radius 1 is 1.33 bits per heavy atom. The average molecular weight is 290 g/mol. The van der Waals surface area contributed by atoms with Crippen LogP contribution in [0.25, 0.3) is 0 Å². The first-order valence-electron chi connectivity index (χ1n) is 6.16. The molecule has 3 N–H and O–H groups in total. The normalized spacial score (nSPS) is 10.4. The second kappa shape index (κ2) is 5.66. The number of nitrogens with one attached hydrogen (secondary N) is 1. The molecule has 0 saturated carbocycles. The van der Waals surface area contributed by atoms with E-state index in [4.69, 9.17) is 9.63 Å². The number of amides is 1. The van der Waals surface area contributed by atoms with E-state index in [-0.39, 0.29) is 29.3 Å². The Labute approximate surface area is 120 Å². The van der Waals surface area contributed by atoms with E-state index >= 15 is 0 Å². The number of nitrogens with zero attached hydrogens (tertiary/aromatic N) is 1. The lowest BCUT2D eigenvalue weighted by molar-refractivity contribution is -0.115. The molecule has 2 aromatic rings. The summed E-state index contributed by atoms with van der Waals surface area (Å²) < 4.78 is 4.97. The SMILES string of the molecule is Cc1noc(C)c1CC(=O)Nc1ccc(C(=O)O)cc1O. The number of aromatic hydroxyl groups is 1. The van der Waals surface area contributed by atoms with Crippen molar-refractivity contribution < 1.29 is 24.3 Å². The van der Waals surface area contributed by atoms with Crippen LogP contribution in [0.15, 0.2) is 22.7 Å². The van der Waals surface area contributed by atoms with Crippen molar-refractivity contribution >= 4 is 17.6 Å². The summed E-state index contributed by atoms with van der Waals surface area (Å²) in [5.41, 5.74) is 1.41. The Hall–Kier alpha value is -2.83. The second-order valence-electron chi connectivity index (χ2n) is 4.56. The summed E-state index contributed by atoms with van der Waals surface area (Å²) in [6.07, 6.45) is 0.0568. The van der Waals surface area contributed by atoms with Crippen molar-refractivity contribution in [2.75, 3.05) is 5.32 Å². The van der Waals surface area contributed by atoms with Crippen LogP contribution in [0, 0.1) is 13.8 Å². The number of aromatic nitrogens is 1. The van der Waals surface area contributed by atoms with Crippen LogP contribution >= 0.6 is 0 Å². The highest BCUT2D eigenvalue weighted by Gasteiger charge is 2.15. The van der Waals surface area contributed by atoms with Crippen LogP contribution in [-0.2, 0) is 11.2 Å². The lowest BCUT2D eigenvalue weighted by Gasteiger charge is -2.08. The number of aromatic carboxylic acids is 1. The van der Waals surface area contributed by atoms with E-state index in [0.29, 0.717) is 17.0 Å². The van der Waals surface area contributed by atoms with Crippen molar-refractivity contribution in [1.82, 2.24) is 5.16 Å². The van der Waals surface area contributed by atoms with Gasteiger partial charge in [-0.3, -0.25) is 4.79 Å². The molecule has 1 aromatic heterocycles. The first-order valence-corrected chi connectivity index (χ1v) is 6.16. The molecule has 0 bridgehead atoms. The minimum absolute atomic E-state index is 0.0568.